The molecule has 0 atom stereocenters. The van der Waals surface area contributed by atoms with Gasteiger partial charge in [-0.2, -0.15) is 0 Å². The van der Waals surface area contributed by atoms with Crippen molar-refractivity contribution in [3.05, 3.63) is 60.4 Å². The van der Waals surface area contributed by atoms with E-state index in [1.54, 1.807) is 22.8 Å². The summed E-state index contributed by atoms with van der Waals surface area (Å²) in [7, 11) is 0. The average molecular weight is 440 g/mol. The first-order valence-electron chi connectivity index (χ1n) is 10.1. The number of carbonyl (C=O) groups excluding carboxylic acids is 2. The summed E-state index contributed by atoms with van der Waals surface area (Å²) in [5, 5.41) is 14.5. The Bertz CT molecular complexity index is 1070. The summed E-state index contributed by atoms with van der Waals surface area (Å²) in [6.07, 6.45) is 1.90. The number of hydrogen-bond donors (Lipinski definition) is 2. The van der Waals surface area contributed by atoms with Gasteiger partial charge in [0, 0.05) is 24.7 Å². The van der Waals surface area contributed by atoms with E-state index < -0.39 is 5.82 Å². The minimum Gasteiger partial charge on any atom is -0.354 e. The van der Waals surface area contributed by atoms with Crippen molar-refractivity contribution < 1.29 is 14.0 Å². The third kappa shape index (κ3) is 5.29. The number of nitrogens with zero attached hydrogens (tertiary/aromatic N) is 3. The molecule has 0 spiro atoms. The second kappa shape index (κ2) is 9.74. The molecule has 31 heavy (non-hydrogen) atoms. The Labute approximate surface area is 183 Å². The number of halogens is 1. The highest BCUT2D eigenvalue weighted by molar-refractivity contribution is 7.99. The lowest BCUT2D eigenvalue weighted by Gasteiger charge is -2.11. The standard InChI is InChI=1S/C22H22FN5O2S/c23-18-9-5-4-8-17(18)20-26-27-22(28(20)16-6-2-1-3-7-16)31-14-19(29)24-12-13-25-21(30)15-10-11-15/h1-9,15H,10-14H2,(H,24,29)(H,25,30). The Kier molecular flexibility index (Phi) is 6.61. The fraction of sp³-hybridized carbons (Fsp3) is 0.273. The first-order valence-corrected chi connectivity index (χ1v) is 11.0. The van der Waals surface area contributed by atoms with Crippen LogP contribution in [0.15, 0.2) is 59.8 Å². The number of thioether (sulfide) groups is 1. The van der Waals surface area contributed by atoms with Gasteiger partial charge in [-0.15, -0.1) is 10.2 Å². The quantitative estimate of drug-likeness (QED) is 0.395. The summed E-state index contributed by atoms with van der Waals surface area (Å²) in [5.41, 5.74) is 1.11. The maximum atomic E-state index is 14.4. The number of nitrogens with one attached hydrogen (secondary N) is 2. The van der Waals surface area contributed by atoms with Crippen molar-refractivity contribution in [3.63, 3.8) is 0 Å². The van der Waals surface area contributed by atoms with Crippen LogP contribution in [0.1, 0.15) is 12.8 Å². The molecule has 2 N–H and O–H groups in total. The van der Waals surface area contributed by atoms with Crippen molar-refractivity contribution in [2.45, 2.75) is 18.0 Å². The van der Waals surface area contributed by atoms with Gasteiger partial charge < -0.3 is 10.6 Å². The van der Waals surface area contributed by atoms with E-state index in [2.05, 4.69) is 20.8 Å². The van der Waals surface area contributed by atoms with Crippen LogP contribution in [0, 0.1) is 11.7 Å². The summed E-state index contributed by atoms with van der Waals surface area (Å²) in [4.78, 5) is 23.8. The monoisotopic (exact) mass is 439 g/mol. The first kappa shape index (κ1) is 21.0. The second-order valence-electron chi connectivity index (χ2n) is 7.16. The van der Waals surface area contributed by atoms with E-state index in [-0.39, 0.29) is 23.5 Å². The SMILES string of the molecule is O=C(CSc1nnc(-c2ccccc2F)n1-c1ccccc1)NCCNC(=O)C1CC1. The molecule has 7 nitrogen and oxygen atoms in total. The molecule has 2 amide bonds. The molecule has 2 aromatic carbocycles. The first-order chi connectivity index (χ1) is 15.1. The lowest BCUT2D eigenvalue weighted by Crippen LogP contribution is -2.36. The van der Waals surface area contributed by atoms with Gasteiger partial charge in [-0.05, 0) is 37.1 Å². The highest BCUT2D eigenvalue weighted by Crippen LogP contribution is 2.29. The van der Waals surface area contributed by atoms with Crippen molar-refractivity contribution >= 4 is 23.6 Å². The van der Waals surface area contributed by atoms with Crippen LogP contribution in [-0.4, -0.2) is 45.4 Å². The van der Waals surface area contributed by atoms with Gasteiger partial charge in [0.1, 0.15) is 5.82 Å². The molecule has 0 radical (unpaired) electrons. The largest absolute Gasteiger partial charge is 0.354 e. The van der Waals surface area contributed by atoms with E-state index in [9.17, 15) is 14.0 Å². The van der Waals surface area contributed by atoms with Gasteiger partial charge in [0.15, 0.2) is 11.0 Å². The number of para-hydroxylation sites is 1. The molecule has 1 heterocycles. The summed E-state index contributed by atoms with van der Waals surface area (Å²) in [5.74, 6) is 0.128. The van der Waals surface area contributed by atoms with E-state index in [0.717, 1.165) is 18.5 Å². The molecular weight excluding hydrogens is 417 g/mol. The van der Waals surface area contributed by atoms with Crippen molar-refractivity contribution in [3.8, 4) is 17.1 Å². The van der Waals surface area contributed by atoms with Crippen molar-refractivity contribution in [1.82, 2.24) is 25.4 Å². The summed E-state index contributed by atoms with van der Waals surface area (Å²) in [6, 6.07) is 15.8. The highest BCUT2D eigenvalue weighted by atomic mass is 32.2. The summed E-state index contributed by atoms with van der Waals surface area (Å²) in [6.45, 7) is 0.771. The zero-order valence-corrected chi connectivity index (χ0v) is 17.6. The Morgan fingerprint density at radius 1 is 1.00 bits per heavy atom. The van der Waals surface area contributed by atoms with Crippen LogP contribution in [0.4, 0.5) is 4.39 Å². The lowest BCUT2D eigenvalue weighted by molar-refractivity contribution is -0.123. The van der Waals surface area contributed by atoms with Crippen LogP contribution in [-0.2, 0) is 9.59 Å². The fourth-order valence-electron chi connectivity index (χ4n) is 3.05. The number of carbonyl (C=O) groups is 2. The van der Waals surface area contributed by atoms with Crippen LogP contribution in [0.5, 0.6) is 0 Å². The molecule has 160 valence electrons. The molecule has 1 aliphatic carbocycles. The van der Waals surface area contributed by atoms with Crippen LogP contribution >= 0.6 is 11.8 Å². The number of benzene rings is 2. The van der Waals surface area contributed by atoms with Crippen LogP contribution in [0.3, 0.4) is 0 Å². The smallest absolute Gasteiger partial charge is 0.230 e. The van der Waals surface area contributed by atoms with Gasteiger partial charge in [-0.25, -0.2) is 4.39 Å². The topological polar surface area (TPSA) is 88.9 Å². The Hall–Kier alpha value is -3.20. The van der Waals surface area contributed by atoms with E-state index in [4.69, 9.17) is 0 Å². The van der Waals surface area contributed by atoms with Gasteiger partial charge >= 0.3 is 0 Å². The lowest BCUT2D eigenvalue weighted by atomic mass is 10.2. The number of aromatic nitrogens is 3. The fourth-order valence-corrected chi connectivity index (χ4v) is 3.83. The van der Waals surface area contributed by atoms with Gasteiger partial charge in [-0.3, -0.25) is 14.2 Å². The van der Waals surface area contributed by atoms with Crippen LogP contribution < -0.4 is 10.6 Å². The van der Waals surface area contributed by atoms with E-state index in [1.807, 2.05) is 30.3 Å². The summed E-state index contributed by atoms with van der Waals surface area (Å²) < 4.78 is 16.1. The minimum absolute atomic E-state index is 0.0558. The molecule has 0 saturated heterocycles. The van der Waals surface area contributed by atoms with E-state index in [1.165, 1.54) is 17.8 Å². The Balaban J connectivity index is 1.42. The minimum atomic E-state index is -0.394. The van der Waals surface area contributed by atoms with Crippen molar-refractivity contribution in [2.24, 2.45) is 5.92 Å². The maximum Gasteiger partial charge on any atom is 0.230 e. The van der Waals surface area contributed by atoms with E-state index >= 15 is 0 Å². The third-order valence-corrected chi connectivity index (χ3v) is 5.72. The van der Waals surface area contributed by atoms with Gasteiger partial charge in [-0.1, -0.05) is 42.1 Å². The second-order valence-corrected chi connectivity index (χ2v) is 8.10. The Morgan fingerprint density at radius 3 is 2.45 bits per heavy atom. The molecule has 0 aliphatic heterocycles. The zero-order valence-electron chi connectivity index (χ0n) is 16.8. The summed E-state index contributed by atoms with van der Waals surface area (Å²) >= 11 is 1.22. The molecule has 1 aliphatic rings. The molecule has 9 heteroatoms. The van der Waals surface area contributed by atoms with Crippen LogP contribution in [0.25, 0.3) is 17.1 Å². The van der Waals surface area contributed by atoms with Gasteiger partial charge in [0.2, 0.25) is 11.8 Å². The molecule has 1 aromatic heterocycles. The molecule has 0 bridgehead atoms. The maximum absolute atomic E-state index is 14.4. The predicted molar refractivity (Wildman–Crippen MR) is 116 cm³/mol. The Morgan fingerprint density at radius 2 is 1.71 bits per heavy atom. The number of amides is 2. The predicted octanol–water partition coefficient (Wildman–Crippen LogP) is 2.81. The average Bonchev–Trinajstić information content (AvgIpc) is 3.56. The molecule has 3 aromatic rings. The third-order valence-electron chi connectivity index (χ3n) is 4.79. The molecule has 0 unspecified atom stereocenters. The zero-order chi connectivity index (χ0) is 21.6. The van der Waals surface area contributed by atoms with Crippen LogP contribution in [0.2, 0.25) is 0 Å². The number of rotatable bonds is 9. The van der Waals surface area contributed by atoms with Gasteiger partial charge in [0.25, 0.3) is 0 Å². The van der Waals surface area contributed by atoms with Gasteiger partial charge in [0.05, 0.1) is 11.3 Å². The molecule has 1 saturated carbocycles. The normalized spacial score (nSPS) is 13.1. The highest BCUT2D eigenvalue weighted by Gasteiger charge is 2.29. The molecular formula is C22H22FN5O2S. The van der Waals surface area contributed by atoms with E-state index in [0.29, 0.717) is 29.6 Å². The molecule has 4 rings (SSSR count). The number of hydrogen-bond acceptors (Lipinski definition) is 5. The molecule has 1 fully saturated rings. The van der Waals surface area contributed by atoms with Crippen molar-refractivity contribution in [2.75, 3.05) is 18.8 Å². The van der Waals surface area contributed by atoms with Crippen molar-refractivity contribution in [1.29, 1.82) is 0 Å².